The molecule has 0 aliphatic rings. The second-order valence-corrected chi connectivity index (χ2v) is 4.37. The molecule has 100 valence electrons. The minimum absolute atomic E-state index is 0.101. The van der Waals surface area contributed by atoms with Crippen LogP contribution in [-0.4, -0.2) is 18.3 Å². The summed E-state index contributed by atoms with van der Waals surface area (Å²) in [7, 11) is 0. The molecule has 0 heterocycles. The van der Waals surface area contributed by atoms with E-state index in [1.54, 1.807) is 0 Å². The number of amides is 1. The number of rotatable bonds is 3. The first kappa shape index (κ1) is 15.3. The minimum Gasteiger partial charge on any atom is -0.318 e. The molecular weight excluding hydrogens is 320 g/mol. The van der Waals surface area contributed by atoms with Gasteiger partial charge in [0.15, 0.2) is 0 Å². The Morgan fingerprint density at radius 1 is 1.17 bits per heavy atom. The van der Waals surface area contributed by atoms with E-state index >= 15 is 0 Å². The summed E-state index contributed by atoms with van der Waals surface area (Å²) < 4.78 is 49.3. The molecule has 0 unspecified atom stereocenters. The first-order valence-corrected chi connectivity index (χ1v) is 5.41. The molecule has 2 nitrogen and oxygen atoms in total. The van der Waals surface area contributed by atoms with Gasteiger partial charge in [-0.2, -0.15) is 8.78 Å². The van der Waals surface area contributed by atoms with Gasteiger partial charge in [0.05, 0.1) is 15.7 Å². The fraction of sp³-hybridized carbons (Fsp3) is 0.222. The molecule has 0 saturated heterocycles. The van der Waals surface area contributed by atoms with Crippen molar-refractivity contribution < 1.29 is 22.4 Å². The summed E-state index contributed by atoms with van der Waals surface area (Å²) in [4.78, 5) is 11.0. The summed E-state index contributed by atoms with van der Waals surface area (Å²) in [6.07, 6.45) is -4.14. The van der Waals surface area contributed by atoms with Crippen molar-refractivity contribution in [3.05, 3.63) is 27.2 Å². The van der Waals surface area contributed by atoms with Gasteiger partial charge in [0, 0.05) is 5.02 Å². The number of carbonyl (C=O) groups excluding carboxylic acids is 1. The van der Waals surface area contributed by atoms with Crippen molar-refractivity contribution in [3.8, 4) is 0 Å². The molecule has 0 aliphatic carbocycles. The molecule has 0 spiro atoms. The van der Waals surface area contributed by atoms with E-state index in [0.717, 1.165) is 12.1 Å². The van der Waals surface area contributed by atoms with E-state index in [9.17, 15) is 22.4 Å². The van der Waals surface area contributed by atoms with E-state index in [4.69, 9.17) is 34.8 Å². The summed E-state index contributed by atoms with van der Waals surface area (Å²) >= 11 is 16.7. The predicted octanol–water partition coefficient (Wildman–Crippen LogP) is 4.49. The molecule has 1 amide bonds. The minimum atomic E-state index is -4.84. The van der Waals surface area contributed by atoms with Crippen LogP contribution in [0.3, 0.4) is 0 Å². The summed E-state index contributed by atoms with van der Waals surface area (Å²) in [6, 6.07) is 2.23. The number of halogens is 7. The number of hydrogen-bond donors (Lipinski definition) is 1. The van der Waals surface area contributed by atoms with Crippen LogP contribution in [0.2, 0.25) is 15.1 Å². The summed E-state index contributed by atoms with van der Waals surface area (Å²) in [6.45, 7) is 0. The molecule has 0 saturated carbocycles. The van der Waals surface area contributed by atoms with Crippen molar-refractivity contribution in [2.45, 2.75) is 12.3 Å². The smallest absolute Gasteiger partial charge is 0.318 e. The van der Waals surface area contributed by atoms with Gasteiger partial charge in [-0.25, -0.2) is 8.78 Å². The van der Waals surface area contributed by atoms with E-state index in [0.29, 0.717) is 0 Å². The average molecular weight is 324 g/mol. The lowest BCUT2D eigenvalue weighted by Gasteiger charge is -2.16. The largest absolute Gasteiger partial charge is 0.383 e. The Morgan fingerprint density at radius 2 is 1.61 bits per heavy atom. The molecule has 1 N–H and O–H groups in total. The SMILES string of the molecule is O=C(Nc1c(Cl)cc(Cl)cc1Cl)C(F)(F)C(F)F. The maximum Gasteiger partial charge on any atom is 0.383 e. The lowest BCUT2D eigenvalue weighted by atomic mass is 10.2. The highest BCUT2D eigenvalue weighted by atomic mass is 35.5. The second-order valence-electron chi connectivity index (χ2n) is 3.12. The van der Waals surface area contributed by atoms with E-state index in [2.05, 4.69) is 0 Å². The van der Waals surface area contributed by atoms with Crippen molar-refractivity contribution in [3.63, 3.8) is 0 Å². The lowest BCUT2D eigenvalue weighted by Crippen LogP contribution is -2.41. The molecule has 0 bridgehead atoms. The fourth-order valence-electron chi connectivity index (χ4n) is 0.958. The maximum absolute atomic E-state index is 12.7. The highest BCUT2D eigenvalue weighted by molar-refractivity contribution is 6.42. The highest BCUT2D eigenvalue weighted by Crippen LogP contribution is 2.35. The third-order valence-electron chi connectivity index (χ3n) is 1.82. The first-order chi connectivity index (χ1) is 8.16. The van der Waals surface area contributed by atoms with Crippen molar-refractivity contribution >= 4 is 46.4 Å². The van der Waals surface area contributed by atoms with Crippen molar-refractivity contribution in [2.24, 2.45) is 0 Å². The molecule has 0 atom stereocenters. The molecular formula is C9H4Cl3F4NO. The van der Waals surface area contributed by atoms with Gasteiger partial charge in [-0.3, -0.25) is 4.79 Å². The quantitative estimate of drug-likeness (QED) is 0.816. The van der Waals surface area contributed by atoms with Gasteiger partial charge >= 0.3 is 18.3 Å². The summed E-state index contributed by atoms with van der Waals surface area (Å²) in [5.74, 6) is -7.05. The van der Waals surface area contributed by atoms with Gasteiger partial charge in [0.1, 0.15) is 0 Å². The van der Waals surface area contributed by atoms with Crippen LogP contribution in [0.15, 0.2) is 12.1 Å². The number of nitrogens with one attached hydrogen (secondary N) is 1. The van der Waals surface area contributed by atoms with Crippen molar-refractivity contribution in [2.75, 3.05) is 5.32 Å². The molecule has 1 aromatic rings. The molecule has 0 radical (unpaired) electrons. The normalized spacial score (nSPS) is 11.8. The number of hydrogen-bond acceptors (Lipinski definition) is 1. The number of benzene rings is 1. The van der Waals surface area contributed by atoms with Crippen LogP contribution < -0.4 is 5.32 Å². The molecule has 9 heteroatoms. The van der Waals surface area contributed by atoms with Gasteiger partial charge in [-0.1, -0.05) is 34.8 Å². The Bertz CT molecular complexity index is 458. The zero-order valence-corrected chi connectivity index (χ0v) is 10.6. The number of alkyl halides is 4. The molecule has 1 rings (SSSR count). The van der Waals surface area contributed by atoms with E-state index in [1.165, 1.54) is 5.32 Å². The standard InChI is InChI=1S/C9H4Cl3F4NO/c10-3-1-4(11)6(5(12)2-3)17-8(18)9(15,16)7(13)14/h1-2,7H,(H,17,18). The average Bonchev–Trinajstić information content (AvgIpc) is 2.22. The number of carbonyl (C=O) groups is 1. The van der Waals surface area contributed by atoms with Crippen LogP contribution in [0.4, 0.5) is 23.2 Å². The molecule has 18 heavy (non-hydrogen) atoms. The zero-order chi connectivity index (χ0) is 14.1. The molecule has 0 aliphatic heterocycles. The second kappa shape index (κ2) is 5.50. The Balaban J connectivity index is 3.03. The molecule has 0 aromatic heterocycles. The third kappa shape index (κ3) is 3.18. The molecule has 0 fully saturated rings. The van der Waals surface area contributed by atoms with Crippen LogP contribution in [0, 0.1) is 0 Å². The van der Waals surface area contributed by atoms with Crippen molar-refractivity contribution in [1.29, 1.82) is 0 Å². The maximum atomic E-state index is 12.7. The Labute approximate surface area is 114 Å². The summed E-state index contributed by atoms with van der Waals surface area (Å²) in [5, 5.41) is 1.15. The predicted molar refractivity (Wildman–Crippen MR) is 61.1 cm³/mol. The first-order valence-electron chi connectivity index (χ1n) is 4.28. The van der Waals surface area contributed by atoms with Crippen LogP contribution >= 0.6 is 34.8 Å². The van der Waals surface area contributed by atoms with Crippen LogP contribution in [0.5, 0.6) is 0 Å². The zero-order valence-electron chi connectivity index (χ0n) is 8.29. The van der Waals surface area contributed by atoms with Gasteiger partial charge in [0.25, 0.3) is 0 Å². The Hall–Kier alpha value is -0.720. The van der Waals surface area contributed by atoms with Crippen LogP contribution in [0.25, 0.3) is 0 Å². The topological polar surface area (TPSA) is 29.1 Å². The lowest BCUT2D eigenvalue weighted by molar-refractivity contribution is -0.163. The summed E-state index contributed by atoms with van der Waals surface area (Å²) in [5.41, 5.74) is -0.409. The van der Waals surface area contributed by atoms with E-state index in [1.807, 2.05) is 0 Å². The van der Waals surface area contributed by atoms with Crippen LogP contribution in [0.1, 0.15) is 0 Å². The number of anilines is 1. The highest BCUT2D eigenvalue weighted by Gasteiger charge is 2.49. The van der Waals surface area contributed by atoms with Crippen LogP contribution in [-0.2, 0) is 4.79 Å². The van der Waals surface area contributed by atoms with Gasteiger partial charge in [-0.05, 0) is 12.1 Å². The van der Waals surface area contributed by atoms with E-state index < -0.39 is 23.9 Å². The van der Waals surface area contributed by atoms with E-state index in [-0.39, 0.29) is 15.1 Å². The van der Waals surface area contributed by atoms with Gasteiger partial charge in [-0.15, -0.1) is 0 Å². The molecule has 1 aromatic carbocycles. The Kier molecular flexibility index (Phi) is 4.69. The van der Waals surface area contributed by atoms with Gasteiger partial charge in [0.2, 0.25) is 0 Å². The fourth-order valence-corrected chi connectivity index (χ4v) is 1.87. The van der Waals surface area contributed by atoms with Gasteiger partial charge < -0.3 is 5.32 Å². The third-order valence-corrected chi connectivity index (χ3v) is 2.64. The Morgan fingerprint density at radius 3 is 2.00 bits per heavy atom. The monoisotopic (exact) mass is 323 g/mol. The van der Waals surface area contributed by atoms with Crippen molar-refractivity contribution in [1.82, 2.24) is 0 Å².